The third-order valence-corrected chi connectivity index (χ3v) is 5.03. The van der Waals surface area contributed by atoms with Crippen molar-refractivity contribution in [1.29, 1.82) is 0 Å². The van der Waals surface area contributed by atoms with Crippen molar-refractivity contribution in [2.75, 3.05) is 12.3 Å². The topological polar surface area (TPSA) is 87.7 Å². The number of carbonyl (C=O) groups is 3. The number of rotatable bonds is 11. The van der Waals surface area contributed by atoms with Crippen LogP contribution in [0.15, 0.2) is 30.8 Å². The Kier molecular flexibility index (Phi) is 11.5. The maximum Gasteiger partial charge on any atom is 0.408 e. The maximum atomic E-state index is 13.6. The van der Waals surface area contributed by atoms with Crippen LogP contribution in [0.5, 0.6) is 0 Å². The van der Waals surface area contributed by atoms with Gasteiger partial charge in [-0.2, -0.15) is 12.6 Å². The van der Waals surface area contributed by atoms with Crippen LogP contribution in [0, 0.1) is 0 Å². The Bertz CT molecular complexity index is 820. The molecule has 33 heavy (non-hydrogen) atoms. The number of benzene rings is 1. The molecule has 0 spiro atoms. The molecule has 184 valence electrons. The molecule has 3 amide bonds. The molecule has 0 saturated heterocycles. The van der Waals surface area contributed by atoms with Gasteiger partial charge in [-0.3, -0.25) is 9.59 Å². The number of hydrogen-bond acceptors (Lipinski definition) is 5. The lowest BCUT2D eigenvalue weighted by molar-refractivity contribution is -0.142. The molecule has 2 N–H and O–H groups in total. The quantitative estimate of drug-likeness (QED) is 0.414. The molecule has 2 unspecified atom stereocenters. The first-order valence-corrected chi connectivity index (χ1v) is 12.0. The van der Waals surface area contributed by atoms with Crippen molar-refractivity contribution in [3.63, 3.8) is 0 Å². The Hall–Kier alpha value is -2.48. The van der Waals surface area contributed by atoms with E-state index in [1.54, 1.807) is 26.8 Å². The largest absolute Gasteiger partial charge is 0.444 e. The van der Waals surface area contributed by atoms with E-state index in [1.807, 2.05) is 45.0 Å². The Morgan fingerprint density at radius 3 is 2.39 bits per heavy atom. The lowest BCUT2D eigenvalue weighted by atomic mass is 10.00. The third-order valence-electron chi connectivity index (χ3n) is 4.66. The highest BCUT2D eigenvalue weighted by atomic mass is 32.1. The average Bonchev–Trinajstić information content (AvgIpc) is 2.72. The van der Waals surface area contributed by atoms with Gasteiger partial charge in [-0.1, -0.05) is 44.2 Å². The molecule has 1 rings (SSSR count). The molecule has 0 fully saturated rings. The smallest absolute Gasteiger partial charge is 0.408 e. The molecule has 2 atom stereocenters. The lowest BCUT2D eigenvalue weighted by Crippen LogP contribution is -2.54. The zero-order valence-electron chi connectivity index (χ0n) is 20.7. The zero-order chi connectivity index (χ0) is 25.2. The van der Waals surface area contributed by atoms with Crippen LogP contribution in [0.25, 0.3) is 6.08 Å². The summed E-state index contributed by atoms with van der Waals surface area (Å²) in [5.41, 5.74) is 0.807. The summed E-state index contributed by atoms with van der Waals surface area (Å²) in [6.45, 7) is 15.1. The van der Waals surface area contributed by atoms with Crippen molar-refractivity contribution in [1.82, 2.24) is 15.5 Å². The van der Waals surface area contributed by atoms with Crippen molar-refractivity contribution in [3.8, 4) is 0 Å². The normalized spacial score (nSPS) is 13.1. The molecule has 0 aliphatic carbocycles. The standard InChI is InChI=1S/C25H39N3O4S/c1-8-10-14-28(23(30)20(16-33)27-24(31)32-25(5,6)7)21(22(29)26-17(3)4)19-13-11-12-18(9-2)15-19/h9,11-13,15,17,20-21,33H,2,8,10,14,16H2,1,3-7H3,(H,26,29)(H,27,31). The van der Waals surface area contributed by atoms with E-state index >= 15 is 0 Å². The number of unbranched alkanes of at least 4 members (excludes halogenated alkanes) is 1. The van der Waals surface area contributed by atoms with Crippen LogP contribution in [0.4, 0.5) is 4.79 Å². The molecule has 7 nitrogen and oxygen atoms in total. The molecule has 0 aromatic heterocycles. The van der Waals surface area contributed by atoms with Crippen molar-refractivity contribution < 1.29 is 19.1 Å². The van der Waals surface area contributed by atoms with E-state index in [-0.39, 0.29) is 17.7 Å². The van der Waals surface area contributed by atoms with Crippen LogP contribution in [-0.4, -0.2) is 52.8 Å². The van der Waals surface area contributed by atoms with Crippen LogP contribution in [0.3, 0.4) is 0 Å². The first-order chi connectivity index (χ1) is 15.4. The van der Waals surface area contributed by atoms with Gasteiger partial charge in [0.1, 0.15) is 17.7 Å². The summed E-state index contributed by atoms with van der Waals surface area (Å²) in [5.74, 6) is -0.616. The number of carbonyl (C=O) groups excluding carboxylic acids is 3. The van der Waals surface area contributed by atoms with Gasteiger partial charge in [-0.05, 0) is 58.2 Å². The molecule has 0 aliphatic heterocycles. The van der Waals surface area contributed by atoms with Gasteiger partial charge in [0.25, 0.3) is 0 Å². The second kappa shape index (κ2) is 13.3. The van der Waals surface area contributed by atoms with Gasteiger partial charge >= 0.3 is 6.09 Å². The summed E-state index contributed by atoms with van der Waals surface area (Å²) in [7, 11) is 0. The minimum absolute atomic E-state index is 0.0614. The molecule has 8 heteroatoms. The van der Waals surface area contributed by atoms with Crippen molar-refractivity contribution >= 4 is 36.6 Å². The van der Waals surface area contributed by atoms with E-state index < -0.39 is 29.7 Å². The number of ether oxygens (including phenoxy) is 1. The van der Waals surface area contributed by atoms with Crippen LogP contribution in [-0.2, 0) is 14.3 Å². The molecular weight excluding hydrogens is 438 g/mol. The summed E-state index contributed by atoms with van der Waals surface area (Å²) < 4.78 is 5.31. The molecule has 0 radical (unpaired) electrons. The summed E-state index contributed by atoms with van der Waals surface area (Å²) >= 11 is 4.29. The van der Waals surface area contributed by atoms with Crippen molar-refractivity contribution in [2.45, 2.75) is 78.1 Å². The van der Waals surface area contributed by atoms with Crippen molar-refractivity contribution in [2.24, 2.45) is 0 Å². The zero-order valence-corrected chi connectivity index (χ0v) is 21.6. The molecule has 0 heterocycles. The maximum absolute atomic E-state index is 13.6. The molecule has 1 aromatic carbocycles. The van der Waals surface area contributed by atoms with Crippen LogP contribution in [0.2, 0.25) is 0 Å². The minimum Gasteiger partial charge on any atom is -0.444 e. The first kappa shape index (κ1) is 28.6. The van der Waals surface area contributed by atoms with E-state index in [1.165, 1.54) is 4.90 Å². The second-order valence-corrected chi connectivity index (χ2v) is 9.57. The summed E-state index contributed by atoms with van der Waals surface area (Å²) in [6.07, 6.45) is 2.52. The highest BCUT2D eigenvalue weighted by Gasteiger charge is 2.35. The predicted molar refractivity (Wildman–Crippen MR) is 136 cm³/mol. The highest BCUT2D eigenvalue weighted by Crippen LogP contribution is 2.25. The first-order valence-electron chi connectivity index (χ1n) is 11.4. The van der Waals surface area contributed by atoms with Gasteiger partial charge < -0.3 is 20.3 Å². The van der Waals surface area contributed by atoms with Crippen molar-refractivity contribution in [3.05, 3.63) is 42.0 Å². The molecule has 0 aliphatic rings. The lowest BCUT2D eigenvalue weighted by Gasteiger charge is -2.34. The summed E-state index contributed by atoms with van der Waals surface area (Å²) in [4.78, 5) is 40.8. The van der Waals surface area contributed by atoms with Crippen LogP contribution < -0.4 is 10.6 Å². The van der Waals surface area contributed by atoms with Gasteiger partial charge in [0, 0.05) is 18.3 Å². The minimum atomic E-state index is -0.947. The van der Waals surface area contributed by atoms with Gasteiger partial charge in [-0.15, -0.1) is 0 Å². The van der Waals surface area contributed by atoms with Gasteiger partial charge in [0.15, 0.2) is 0 Å². The fourth-order valence-corrected chi connectivity index (χ4v) is 3.47. The second-order valence-electron chi connectivity index (χ2n) is 9.21. The van der Waals surface area contributed by atoms with E-state index in [9.17, 15) is 14.4 Å². The fraction of sp³-hybridized carbons (Fsp3) is 0.560. The summed E-state index contributed by atoms with van der Waals surface area (Å²) in [6, 6.07) is 5.46. The Balaban J connectivity index is 3.39. The van der Waals surface area contributed by atoms with Gasteiger partial charge in [0.2, 0.25) is 11.8 Å². The number of hydrogen-bond donors (Lipinski definition) is 3. The van der Waals surface area contributed by atoms with Gasteiger partial charge in [0.05, 0.1) is 0 Å². The third kappa shape index (κ3) is 9.50. The van der Waals surface area contributed by atoms with Crippen LogP contribution in [0.1, 0.15) is 71.6 Å². The highest BCUT2D eigenvalue weighted by molar-refractivity contribution is 7.80. The van der Waals surface area contributed by atoms with Crippen LogP contribution >= 0.6 is 12.6 Å². The van der Waals surface area contributed by atoms with Gasteiger partial charge in [-0.25, -0.2) is 4.79 Å². The Morgan fingerprint density at radius 2 is 1.88 bits per heavy atom. The number of nitrogens with zero attached hydrogens (tertiary/aromatic N) is 1. The van der Waals surface area contributed by atoms with E-state index in [4.69, 9.17) is 4.74 Å². The monoisotopic (exact) mass is 477 g/mol. The fourth-order valence-electron chi connectivity index (χ4n) is 3.22. The number of thiol groups is 1. The SMILES string of the molecule is C=Cc1cccc(C(C(=O)NC(C)C)N(CCCC)C(=O)C(CS)NC(=O)OC(C)(C)C)c1. The molecule has 0 bridgehead atoms. The van der Waals surface area contributed by atoms with E-state index in [0.29, 0.717) is 18.5 Å². The number of alkyl carbamates (subject to hydrolysis) is 1. The average molecular weight is 478 g/mol. The summed E-state index contributed by atoms with van der Waals surface area (Å²) in [5, 5.41) is 5.54. The number of amides is 3. The predicted octanol–water partition coefficient (Wildman–Crippen LogP) is 4.35. The van der Waals surface area contributed by atoms with E-state index in [2.05, 4.69) is 29.8 Å². The Morgan fingerprint density at radius 1 is 1.21 bits per heavy atom. The van der Waals surface area contributed by atoms with E-state index in [0.717, 1.165) is 12.0 Å². The molecular formula is C25H39N3O4S. The Labute approximate surface area is 203 Å². The molecule has 0 saturated carbocycles. The number of nitrogens with one attached hydrogen (secondary N) is 2. The molecule has 1 aromatic rings.